The largest absolute Gasteiger partial charge is 0.480 e. The molecule has 0 unspecified atom stereocenters. The average molecular weight is 294 g/mol. The molecule has 1 fully saturated rings. The van der Waals surface area contributed by atoms with E-state index in [-0.39, 0.29) is 6.54 Å². The molecule has 0 aliphatic carbocycles. The van der Waals surface area contributed by atoms with Crippen LogP contribution in [0, 0.1) is 6.92 Å². The van der Waals surface area contributed by atoms with Crippen molar-refractivity contribution in [1.29, 1.82) is 0 Å². The van der Waals surface area contributed by atoms with E-state index in [2.05, 4.69) is 14.9 Å². The average Bonchev–Trinajstić information content (AvgIpc) is 2.63. The van der Waals surface area contributed by atoms with Gasteiger partial charge in [-0.25, -0.2) is 4.98 Å². The maximum Gasteiger partial charge on any atom is 0.317 e. The van der Waals surface area contributed by atoms with Crippen LogP contribution in [0.4, 0.5) is 5.82 Å². The van der Waals surface area contributed by atoms with Gasteiger partial charge in [-0.3, -0.25) is 9.69 Å². The normalized spacial score (nSPS) is 16.6. The van der Waals surface area contributed by atoms with Crippen molar-refractivity contribution in [2.24, 2.45) is 0 Å². The van der Waals surface area contributed by atoms with Gasteiger partial charge in [0.05, 0.1) is 13.2 Å². The molecule has 0 radical (unpaired) electrons. The quantitative estimate of drug-likeness (QED) is 0.859. The fraction of sp³-hybridized carbons (Fsp3) is 0.643. The van der Waals surface area contributed by atoms with Gasteiger partial charge in [0.25, 0.3) is 0 Å². The minimum absolute atomic E-state index is 0.0981. The SMILES string of the molecule is CCOc1cc(N2CCCN(CC(=O)O)CC2)nc(C)n1. The van der Waals surface area contributed by atoms with Gasteiger partial charge in [-0.05, 0) is 20.3 Å². The van der Waals surface area contributed by atoms with Crippen LogP contribution in [0.5, 0.6) is 5.88 Å². The summed E-state index contributed by atoms with van der Waals surface area (Å²) in [6.45, 7) is 7.58. The van der Waals surface area contributed by atoms with Gasteiger partial charge in [0.2, 0.25) is 5.88 Å². The number of carboxylic acids is 1. The molecule has 0 amide bonds. The Kier molecular flexibility index (Phi) is 5.32. The molecule has 0 atom stereocenters. The molecule has 2 heterocycles. The zero-order valence-corrected chi connectivity index (χ0v) is 12.6. The maximum absolute atomic E-state index is 10.8. The van der Waals surface area contributed by atoms with Crippen LogP contribution in [0.3, 0.4) is 0 Å². The Balaban J connectivity index is 2.06. The minimum atomic E-state index is -0.778. The number of rotatable bonds is 5. The van der Waals surface area contributed by atoms with Gasteiger partial charge in [-0.15, -0.1) is 0 Å². The lowest BCUT2D eigenvalue weighted by atomic mass is 10.3. The van der Waals surface area contributed by atoms with Crippen LogP contribution in [0.15, 0.2) is 6.07 Å². The van der Waals surface area contributed by atoms with Crippen LogP contribution in [0.2, 0.25) is 0 Å². The highest BCUT2D eigenvalue weighted by atomic mass is 16.5. The van der Waals surface area contributed by atoms with Gasteiger partial charge in [0, 0.05) is 32.2 Å². The highest BCUT2D eigenvalue weighted by Gasteiger charge is 2.18. The Morgan fingerprint density at radius 1 is 1.33 bits per heavy atom. The van der Waals surface area contributed by atoms with Crippen LogP contribution >= 0.6 is 0 Å². The van der Waals surface area contributed by atoms with Crippen LogP contribution in [-0.4, -0.2) is 65.3 Å². The molecular formula is C14H22N4O3. The van der Waals surface area contributed by atoms with E-state index in [1.807, 2.05) is 24.8 Å². The molecule has 0 saturated carbocycles. The van der Waals surface area contributed by atoms with Crippen LogP contribution in [-0.2, 0) is 4.79 Å². The summed E-state index contributed by atoms with van der Waals surface area (Å²) in [7, 11) is 0. The first-order chi connectivity index (χ1) is 10.1. The van der Waals surface area contributed by atoms with Crippen molar-refractivity contribution in [3.63, 3.8) is 0 Å². The third-order valence-corrected chi connectivity index (χ3v) is 3.36. The second-order valence-electron chi connectivity index (χ2n) is 5.06. The molecule has 2 rings (SSSR count). The number of ether oxygens (including phenoxy) is 1. The monoisotopic (exact) mass is 294 g/mol. The zero-order valence-electron chi connectivity index (χ0n) is 12.6. The van der Waals surface area contributed by atoms with Crippen molar-refractivity contribution in [3.05, 3.63) is 11.9 Å². The molecule has 21 heavy (non-hydrogen) atoms. The second kappa shape index (κ2) is 7.21. The van der Waals surface area contributed by atoms with Crippen LogP contribution in [0.25, 0.3) is 0 Å². The standard InChI is InChI=1S/C14H22N4O3/c1-3-21-13-9-12(15-11(2)16-13)18-6-4-5-17(7-8-18)10-14(19)20/h9H,3-8,10H2,1-2H3,(H,19,20). The van der Waals surface area contributed by atoms with E-state index >= 15 is 0 Å². The first kappa shape index (κ1) is 15.5. The van der Waals surface area contributed by atoms with E-state index in [0.717, 1.165) is 38.4 Å². The summed E-state index contributed by atoms with van der Waals surface area (Å²) >= 11 is 0. The fourth-order valence-electron chi connectivity index (χ4n) is 2.46. The number of anilines is 1. The molecule has 1 aliphatic rings. The van der Waals surface area contributed by atoms with Gasteiger partial charge in [0.15, 0.2) is 0 Å². The minimum Gasteiger partial charge on any atom is -0.480 e. The lowest BCUT2D eigenvalue weighted by Gasteiger charge is -2.22. The Morgan fingerprint density at radius 2 is 2.14 bits per heavy atom. The molecule has 1 aromatic rings. The second-order valence-corrected chi connectivity index (χ2v) is 5.06. The van der Waals surface area contributed by atoms with Crippen LogP contribution in [0.1, 0.15) is 19.2 Å². The summed E-state index contributed by atoms with van der Waals surface area (Å²) in [6, 6.07) is 1.85. The zero-order chi connectivity index (χ0) is 15.2. The Morgan fingerprint density at radius 3 is 2.86 bits per heavy atom. The molecule has 1 saturated heterocycles. The van der Waals surface area contributed by atoms with Crippen molar-refractivity contribution in [2.75, 3.05) is 44.2 Å². The summed E-state index contributed by atoms with van der Waals surface area (Å²) in [4.78, 5) is 23.6. The number of aliphatic carboxylic acids is 1. The molecule has 0 aromatic carbocycles. The highest BCUT2D eigenvalue weighted by molar-refractivity contribution is 5.69. The Bertz CT molecular complexity index is 495. The molecule has 7 heteroatoms. The number of carbonyl (C=O) groups is 1. The molecule has 1 N–H and O–H groups in total. The number of hydrogen-bond donors (Lipinski definition) is 1. The highest BCUT2D eigenvalue weighted by Crippen LogP contribution is 2.19. The molecule has 1 aliphatic heterocycles. The van der Waals surface area contributed by atoms with E-state index in [0.29, 0.717) is 18.3 Å². The lowest BCUT2D eigenvalue weighted by molar-refractivity contribution is -0.138. The number of nitrogens with zero attached hydrogens (tertiary/aromatic N) is 4. The molecule has 0 spiro atoms. The van der Waals surface area contributed by atoms with Crippen molar-refractivity contribution >= 4 is 11.8 Å². The number of hydrogen-bond acceptors (Lipinski definition) is 6. The third-order valence-electron chi connectivity index (χ3n) is 3.36. The number of aryl methyl sites for hydroxylation is 1. The Labute approximate surface area is 124 Å². The predicted molar refractivity (Wildman–Crippen MR) is 78.8 cm³/mol. The van der Waals surface area contributed by atoms with E-state index in [1.54, 1.807) is 0 Å². The van der Waals surface area contributed by atoms with Crippen molar-refractivity contribution in [2.45, 2.75) is 20.3 Å². The molecule has 0 bridgehead atoms. The molecule has 116 valence electrons. The number of aromatic nitrogens is 2. The van der Waals surface area contributed by atoms with Gasteiger partial charge in [-0.2, -0.15) is 4.98 Å². The summed E-state index contributed by atoms with van der Waals surface area (Å²) in [5, 5.41) is 8.88. The van der Waals surface area contributed by atoms with Crippen molar-refractivity contribution in [3.8, 4) is 5.88 Å². The van der Waals surface area contributed by atoms with Gasteiger partial charge in [-0.1, -0.05) is 0 Å². The first-order valence-electron chi connectivity index (χ1n) is 7.26. The van der Waals surface area contributed by atoms with E-state index < -0.39 is 5.97 Å². The lowest BCUT2D eigenvalue weighted by Crippen LogP contribution is -2.34. The summed E-state index contributed by atoms with van der Waals surface area (Å²) in [5.41, 5.74) is 0. The summed E-state index contributed by atoms with van der Waals surface area (Å²) in [5.74, 6) is 1.34. The molecular weight excluding hydrogens is 272 g/mol. The maximum atomic E-state index is 10.8. The summed E-state index contributed by atoms with van der Waals surface area (Å²) < 4.78 is 5.46. The summed E-state index contributed by atoms with van der Waals surface area (Å²) in [6.07, 6.45) is 0.917. The first-order valence-corrected chi connectivity index (χ1v) is 7.26. The Hall–Kier alpha value is -1.89. The topological polar surface area (TPSA) is 78.8 Å². The third kappa shape index (κ3) is 4.56. The van der Waals surface area contributed by atoms with Crippen LogP contribution < -0.4 is 9.64 Å². The van der Waals surface area contributed by atoms with Crippen molar-refractivity contribution in [1.82, 2.24) is 14.9 Å². The van der Waals surface area contributed by atoms with E-state index in [4.69, 9.17) is 9.84 Å². The van der Waals surface area contributed by atoms with Gasteiger partial charge >= 0.3 is 5.97 Å². The van der Waals surface area contributed by atoms with Gasteiger partial charge in [0.1, 0.15) is 11.6 Å². The number of carboxylic acid groups (broad SMARTS) is 1. The van der Waals surface area contributed by atoms with E-state index in [9.17, 15) is 4.79 Å². The molecule has 7 nitrogen and oxygen atoms in total. The fourth-order valence-corrected chi connectivity index (χ4v) is 2.46. The van der Waals surface area contributed by atoms with Gasteiger partial charge < -0.3 is 14.7 Å². The van der Waals surface area contributed by atoms with E-state index in [1.165, 1.54) is 0 Å². The smallest absolute Gasteiger partial charge is 0.317 e. The molecule has 1 aromatic heterocycles. The predicted octanol–water partition coefficient (Wildman–Crippen LogP) is 0.780. The van der Waals surface area contributed by atoms with Crippen molar-refractivity contribution < 1.29 is 14.6 Å².